The molecule has 0 aromatic heterocycles. The normalized spacial score (nSPS) is 10.2. The molecule has 2 aromatic rings. The topological polar surface area (TPSA) is 46.5 Å². The smallest absolute Gasteiger partial charge is 0.335 e. The molecule has 0 fully saturated rings. The number of ether oxygens (including phenoxy) is 1. The Balaban J connectivity index is 2.04. The largest absolute Gasteiger partial charge is 0.488 e. The van der Waals surface area contributed by atoms with Crippen LogP contribution in [0.15, 0.2) is 46.9 Å². The summed E-state index contributed by atoms with van der Waals surface area (Å²) >= 11 is 3.21. The molecule has 0 atom stereocenters. The molecule has 5 heteroatoms. The lowest BCUT2D eigenvalue weighted by molar-refractivity contribution is 0.0697. The van der Waals surface area contributed by atoms with E-state index < -0.39 is 5.97 Å². The summed E-state index contributed by atoms with van der Waals surface area (Å²) in [5.41, 5.74) is 1.06. The van der Waals surface area contributed by atoms with Crippen molar-refractivity contribution in [2.24, 2.45) is 0 Å². The minimum atomic E-state index is -0.964. The Labute approximate surface area is 117 Å². The van der Waals surface area contributed by atoms with Crippen LogP contribution in [0.3, 0.4) is 0 Å². The molecular weight excluding hydrogens is 315 g/mol. The fourth-order valence-corrected chi connectivity index (χ4v) is 1.96. The van der Waals surface area contributed by atoms with Crippen molar-refractivity contribution in [3.8, 4) is 5.75 Å². The Morgan fingerprint density at radius 3 is 2.47 bits per heavy atom. The van der Waals surface area contributed by atoms with Gasteiger partial charge >= 0.3 is 5.97 Å². The van der Waals surface area contributed by atoms with Gasteiger partial charge in [0.25, 0.3) is 0 Å². The summed E-state index contributed by atoms with van der Waals surface area (Å²) in [6, 6.07) is 10.6. The number of aromatic carboxylic acids is 1. The Morgan fingerprint density at radius 1 is 1.21 bits per heavy atom. The van der Waals surface area contributed by atoms with Gasteiger partial charge in [0.1, 0.15) is 18.2 Å². The molecule has 2 aromatic carbocycles. The van der Waals surface area contributed by atoms with E-state index in [1.165, 1.54) is 30.3 Å². The van der Waals surface area contributed by atoms with Gasteiger partial charge in [-0.25, -0.2) is 9.18 Å². The summed E-state index contributed by atoms with van der Waals surface area (Å²) in [7, 11) is 0. The van der Waals surface area contributed by atoms with E-state index >= 15 is 0 Å². The van der Waals surface area contributed by atoms with Crippen LogP contribution in [0.2, 0.25) is 0 Å². The van der Waals surface area contributed by atoms with Crippen LogP contribution >= 0.6 is 15.9 Å². The lowest BCUT2D eigenvalue weighted by Gasteiger charge is -2.08. The SMILES string of the molecule is O=C(O)c1ccc(COc2ccc(F)cc2Br)cc1. The third-order valence-corrected chi connectivity index (χ3v) is 3.11. The maximum Gasteiger partial charge on any atom is 0.335 e. The summed E-state index contributed by atoms with van der Waals surface area (Å²) in [5, 5.41) is 8.77. The van der Waals surface area contributed by atoms with Crippen molar-refractivity contribution < 1.29 is 19.0 Å². The summed E-state index contributed by atoms with van der Waals surface area (Å²) in [4.78, 5) is 10.7. The first-order chi connectivity index (χ1) is 9.06. The van der Waals surface area contributed by atoms with Gasteiger partial charge in [0.2, 0.25) is 0 Å². The predicted octanol–water partition coefficient (Wildman–Crippen LogP) is 3.87. The second-order valence-corrected chi connectivity index (χ2v) is 4.72. The molecule has 0 radical (unpaired) electrons. The fourth-order valence-electron chi connectivity index (χ4n) is 1.50. The lowest BCUT2D eigenvalue weighted by atomic mass is 10.1. The molecule has 98 valence electrons. The third kappa shape index (κ3) is 3.54. The van der Waals surface area contributed by atoms with Crippen LogP contribution in [0.5, 0.6) is 5.75 Å². The van der Waals surface area contributed by atoms with Gasteiger partial charge in [-0.2, -0.15) is 0 Å². The fraction of sp³-hybridized carbons (Fsp3) is 0.0714. The van der Waals surface area contributed by atoms with Crippen molar-refractivity contribution in [1.82, 2.24) is 0 Å². The van der Waals surface area contributed by atoms with Crippen LogP contribution in [0, 0.1) is 5.82 Å². The molecule has 0 saturated carbocycles. The Kier molecular flexibility index (Phi) is 4.16. The standard InChI is InChI=1S/C14H10BrFO3/c15-12-7-11(16)5-6-13(12)19-8-9-1-3-10(4-2-9)14(17)18/h1-7H,8H2,(H,17,18). The van der Waals surface area contributed by atoms with Crippen LogP contribution < -0.4 is 4.74 Å². The maximum atomic E-state index is 12.9. The summed E-state index contributed by atoms with van der Waals surface area (Å²) in [5.74, 6) is -0.775. The first-order valence-corrected chi connectivity index (χ1v) is 6.25. The Bertz CT molecular complexity index is 596. The summed E-state index contributed by atoms with van der Waals surface area (Å²) < 4.78 is 18.9. The van der Waals surface area contributed by atoms with Crippen molar-refractivity contribution in [2.45, 2.75) is 6.61 Å². The maximum absolute atomic E-state index is 12.9. The monoisotopic (exact) mass is 324 g/mol. The summed E-state index contributed by atoms with van der Waals surface area (Å²) in [6.45, 7) is 0.282. The van der Waals surface area contributed by atoms with Crippen molar-refractivity contribution in [3.63, 3.8) is 0 Å². The molecule has 3 nitrogen and oxygen atoms in total. The van der Waals surface area contributed by atoms with E-state index in [2.05, 4.69) is 15.9 Å². The minimum Gasteiger partial charge on any atom is -0.488 e. The zero-order valence-corrected chi connectivity index (χ0v) is 11.4. The van der Waals surface area contributed by atoms with Gasteiger partial charge in [-0.3, -0.25) is 0 Å². The van der Waals surface area contributed by atoms with Crippen LogP contribution in [0.4, 0.5) is 4.39 Å². The van der Waals surface area contributed by atoms with Crippen LogP contribution in [-0.2, 0) is 6.61 Å². The van der Waals surface area contributed by atoms with Gasteiger partial charge < -0.3 is 9.84 Å². The van der Waals surface area contributed by atoms with E-state index in [1.54, 1.807) is 12.1 Å². The van der Waals surface area contributed by atoms with Crippen molar-refractivity contribution in [1.29, 1.82) is 0 Å². The van der Waals surface area contributed by atoms with Gasteiger partial charge in [0, 0.05) is 0 Å². The second kappa shape index (κ2) is 5.84. The molecule has 0 bridgehead atoms. The van der Waals surface area contributed by atoms with Gasteiger partial charge in [-0.15, -0.1) is 0 Å². The van der Waals surface area contributed by atoms with Gasteiger partial charge in [0.15, 0.2) is 0 Å². The lowest BCUT2D eigenvalue weighted by Crippen LogP contribution is -1.99. The number of carboxylic acids is 1. The van der Waals surface area contributed by atoms with Crippen LogP contribution in [-0.4, -0.2) is 11.1 Å². The van der Waals surface area contributed by atoms with E-state index in [0.29, 0.717) is 10.2 Å². The number of hydrogen-bond acceptors (Lipinski definition) is 2. The van der Waals surface area contributed by atoms with E-state index in [9.17, 15) is 9.18 Å². The number of halogens is 2. The number of carboxylic acid groups (broad SMARTS) is 1. The van der Waals surface area contributed by atoms with E-state index in [0.717, 1.165) is 5.56 Å². The van der Waals surface area contributed by atoms with Crippen molar-refractivity contribution in [3.05, 3.63) is 63.9 Å². The molecule has 0 aliphatic heterocycles. The van der Waals surface area contributed by atoms with Gasteiger partial charge in [-0.05, 0) is 51.8 Å². The quantitative estimate of drug-likeness (QED) is 0.928. The number of carbonyl (C=O) groups is 1. The number of rotatable bonds is 4. The van der Waals surface area contributed by atoms with E-state index in [1.807, 2.05) is 0 Å². The third-order valence-electron chi connectivity index (χ3n) is 2.49. The molecule has 0 aliphatic rings. The Morgan fingerprint density at radius 2 is 1.89 bits per heavy atom. The van der Waals surface area contributed by atoms with E-state index in [-0.39, 0.29) is 18.0 Å². The first kappa shape index (κ1) is 13.5. The Hall–Kier alpha value is -1.88. The average molecular weight is 325 g/mol. The van der Waals surface area contributed by atoms with Crippen LogP contribution in [0.25, 0.3) is 0 Å². The average Bonchev–Trinajstić information content (AvgIpc) is 2.38. The zero-order chi connectivity index (χ0) is 13.8. The van der Waals surface area contributed by atoms with Crippen molar-refractivity contribution >= 4 is 21.9 Å². The molecule has 0 amide bonds. The molecule has 19 heavy (non-hydrogen) atoms. The van der Waals surface area contributed by atoms with Crippen molar-refractivity contribution in [2.75, 3.05) is 0 Å². The summed E-state index contributed by atoms with van der Waals surface area (Å²) in [6.07, 6.45) is 0. The molecular formula is C14H10BrFO3. The molecule has 0 spiro atoms. The highest BCUT2D eigenvalue weighted by molar-refractivity contribution is 9.10. The zero-order valence-electron chi connectivity index (χ0n) is 9.77. The molecule has 0 unspecified atom stereocenters. The number of hydrogen-bond donors (Lipinski definition) is 1. The molecule has 1 N–H and O–H groups in total. The van der Waals surface area contributed by atoms with Gasteiger partial charge in [0.05, 0.1) is 10.0 Å². The molecule has 0 aliphatic carbocycles. The highest BCUT2D eigenvalue weighted by atomic mass is 79.9. The molecule has 0 saturated heterocycles. The highest BCUT2D eigenvalue weighted by Crippen LogP contribution is 2.26. The minimum absolute atomic E-state index is 0.228. The van der Waals surface area contributed by atoms with Gasteiger partial charge in [-0.1, -0.05) is 12.1 Å². The molecule has 2 rings (SSSR count). The first-order valence-electron chi connectivity index (χ1n) is 5.46. The predicted molar refractivity (Wildman–Crippen MR) is 71.8 cm³/mol. The second-order valence-electron chi connectivity index (χ2n) is 3.87. The number of benzene rings is 2. The molecule has 0 heterocycles. The highest BCUT2D eigenvalue weighted by Gasteiger charge is 2.05. The van der Waals surface area contributed by atoms with Crippen LogP contribution in [0.1, 0.15) is 15.9 Å². The van der Waals surface area contributed by atoms with E-state index in [4.69, 9.17) is 9.84 Å².